The maximum Gasteiger partial charge on any atom is 0.240 e. The molecular formula is C16H22N2O3S. The van der Waals surface area contributed by atoms with Crippen molar-refractivity contribution in [2.75, 3.05) is 18.0 Å². The highest BCUT2D eigenvalue weighted by molar-refractivity contribution is 7.89. The number of sulfonamides is 1. The number of benzene rings is 1. The fourth-order valence-corrected chi connectivity index (χ4v) is 3.92. The third-order valence-electron chi connectivity index (χ3n) is 4.27. The summed E-state index contributed by atoms with van der Waals surface area (Å²) >= 11 is 0. The van der Waals surface area contributed by atoms with Crippen molar-refractivity contribution < 1.29 is 13.2 Å². The first-order chi connectivity index (χ1) is 10.5. The molecule has 1 heterocycles. The van der Waals surface area contributed by atoms with Gasteiger partial charge < -0.3 is 4.90 Å². The number of carbonyl (C=O) groups excluding carboxylic acids is 1. The van der Waals surface area contributed by atoms with Crippen LogP contribution in [0.3, 0.4) is 0 Å². The quantitative estimate of drug-likeness (QED) is 0.815. The number of anilines is 1. The SMILES string of the molecule is CCCCNS(=O)(=O)c1ccc2c(c1)CCN2C(=O)C1CC1. The molecule has 1 fully saturated rings. The van der Waals surface area contributed by atoms with Gasteiger partial charge in [-0.05, 0) is 49.4 Å². The van der Waals surface area contributed by atoms with Gasteiger partial charge in [-0.15, -0.1) is 0 Å². The Morgan fingerprint density at radius 2 is 2.14 bits per heavy atom. The second kappa shape index (κ2) is 6.01. The van der Waals surface area contributed by atoms with Gasteiger partial charge in [0.05, 0.1) is 4.90 Å². The van der Waals surface area contributed by atoms with Crippen LogP contribution in [0.1, 0.15) is 38.2 Å². The maximum absolute atomic E-state index is 12.2. The van der Waals surface area contributed by atoms with Crippen LogP contribution in [0.25, 0.3) is 0 Å². The molecule has 0 unspecified atom stereocenters. The Hall–Kier alpha value is -1.40. The average Bonchev–Trinajstić information content (AvgIpc) is 3.26. The van der Waals surface area contributed by atoms with E-state index in [1.54, 1.807) is 18.2 Å². The molecule has 1 aliphatic carbocycles. The van der Waals surface area contributed by atoms with Gasteiger partial charge in [-0.1, -0.05) is 13.3 Å². The molecule has 120 valence electrons. The molecule has 0 atom stereocenters. The summed E-state index contributed by atoms with van der Waals surface area (Å²) in [6.07, 6.45) is 4.47. The number of nitrogens with zero attached hydrogens (tertiary/aromatic N) is 1. The second-order valence-electron chi connectivity index (χ2n) is 6.06. The highest BCUT2D eigenvalue weighted by Gasteiger charge is 2.36. The van der Waals surface area contributed by atoms with Crippen LogP contribution in [0, 0.1) is 5.92 Å². The minimum absolute atomic E-state index is 0.185. The van der Waals surface area contributed by atoms with Crippen LogP contribution in [0.4, 0.5) is 5.69 Å². The third kappa shape index (κ3) is 3.03. The van der Waals surface area contributed by atoms with Crippen LogP contribution in [0.15, 0.2) is 23.1 Å². The highest BCUT2D eigenvalue weighted by atomic mass is 32.2. The van der Waals surface area contributed by atoms with Crippen molar-refractivity contribution in [3.05, 3.63) is 23.8 Å². The predicted molar refractivity (Wildman–Crippen MR) is 85.3 cm³/mol. The maximum atomic E-state index is 12.2. The molecule has 6 heteroatoms. The molecule has 22 heavy (non-hydrogen) atoms. The summed E-state index contributed by atoms with van der Waals surface area (Å²) in [5.74, 6) is 0.375. The Bertz CT molecular complexity index is 681. The lowest BCUT2D eigenvalue weighted by Crippen LogP contribution is -2.30. The molecule has 5 nitrogen and oxygen atoms in total. The number of hydrogen-bond acceptors (Lipinski definition) is 3. The number of unbranched alkanes of at least 4 members (excludes halogenated alkanes) is 1. The van der Waals surface area contributed by atoms with Crippen molar-refractivity contribution in [3.8, 4) is 0 Å². The van der Waals surface area contributed by atoms with E-state index in [2.05, 4.69) is 4.72 Å². The lowest BCUT2D eigenvalue weighted by molar-refractivity contribution is -0.119. The van der Waals surface area contributed by atoms with Crippen LogP contribution in [-0.4, -0.2) is 27.4 Å². The molecule has 1 saturated carbocycles. The summed E-state index contributed by atoms with van der Waals surface area (Å²) < 4.78 is 27.1. The molecule has 0 spiro atoms. The molecule has 0 bridgehead atoms. The molecule has 1 aromatic rings. The van der Waals surface area contributed by atoms with Crippen molar-refractivity contribution in [1.29, 1.82) is 0 Å². The van der Waals surface area contributed by atoms with Gasteiger partial charge >= 0.3 is 0 Å². The first-order valence-corrected chi connectivity index (χ1v) is 9.45. The number of nitrogens with one attached hydrogen (secondary N) is 1. The molecule has 1 aromatic carbocycles. The molecular weight excluding hydrogens is 300 g/mol. The molecule has 2 aliphatic rings. The fourth-order valence-electron chi connectivity index (χ4n) is 2.79. The van der Waals surface area contributed by atoms with E-state index in [1.807, 2.05) is 11.8 Å². The van der Waals surface area contributed by atoms with Gasteiger partial charge in [-0.3, -0.25) is 4.79 Å². The zero-order valence-electron chi connectivity index (χ0n) is 12.8. The van der Waals surface area contributed by atoms with Crippen molar-refractivity contribution >= 4 is 21.6 Å². The van der Waals surface area contributed by atoms with Crippen LogP contribution in [0.5, 0.6) is 0 Å². The van der Waals surface area contributed by atoms with Gasteiger partial charge in [0.2, 0.25) is 15.9 Å². The summed E-state index contributed by atoms with van der Waals surface area (Å²) in [5.41, 5.74) is 1.83. The molecule has 0 radical (unpaired) electrons. The molecule has 3 rings (SSSR count). The zero-order valence-corrected chi connectivity index (χ0v) is 13.7. The average molecular weight is 322 g/mol. The van der Waals surface area contributed by atoms with Crippen LogP contribution >= 0.6 is 0 Å². The summed E-state index contributed by atoms with van der Waals surface area (Å²) in [4.78, 5) is 14.3. The largest absolute Gasteiger partial charge is 0.312 e. The normalized spacial score (nSPS) is 17.6. The predicted octanol–water partition coefficient (Wildman–Crippen LogP) is 2.06. The van der Waals surface area contributed by atoms with Gasteiger partial charge in [-0.25, -0.2) is 13.1 Å². The second-order valence-corrected chi connectivity index (χ2v) is 7.82. The number of carbonyl (C=O) groups is 1. The standard InChI is InChI=1S/C16H22N2O3S/c1-2-3-9-17-22(20,21)14-6-7-15-13(11-14)8-10-18(15)16(19)12-4-5-12/h6-7,11-12,17H,2-5,8-10H2,1H3. The van der Waals surface area contributed by atoms with Crippen molar-refractivity contribution in [2.45, 2.75) is 43.9 Å². The summed E-state index contributed by atoms with van der Waals surface area (Å²) in [7, 11) is -3.45. The van der Waals surface area contributed by atoms with Crippen LogP contribution in [0.2, 0.25) is 0 Å². The summed E-state index contributed by atoms with van der Waals surface area (Å²) in [6.45, 7) is 3.15. The number of fused-ring (bicyclic) bond motifs is 1. The van der Waals surface area contributed by atoms with Crippen LogP contribution in [-0.2, 0) is 21.2 Å². The van der Waals surface area contributed by atoms with Crippen molar-refractivity contribution in [3.63, 3.8) is 0 Å². The van der Waals surface area contributed by atoms with E-state index in [-0.39, 0.29) is 11.8 Å². The lowest BCUT2D eigenvalue weighted by atomic mass is 10.2. The Kier molecular flexibility index (Phi) is 4.23. The lowest BCUT2D eigenvalue weighted by Gasteiger charge is -2.17. The number of rotatable bonds is 6. The van der Waals surface area contributed by atoms with E-state index >= 15 is 0 Å². The molecule has 0 aromatic heterocycles. The monoisotopic (exact) mass is 322 g/mol. The highest BCUT2D eigenvalue weighted by Crippen LogP contribution is 2.37. The first kappa shape index (κ1) is 15.5. The Morgan fingerprint density at radius 1 is 1.36 bits per heavy atom. The van der Waals surface area contributed by atoms with E-state index < -0.39 is 10.0 Å². The Labute approximate surface area is 131 Å². The van der Waals surface area contributed by atoms with Gasteiger partial charge in [0.25, 0.3) is 0 Å². The van der Waals surface area contributed by atoms with E-state index in [0.29, 0.717) is 18.0 Å². The minimum Gasteiger partial charge on any atom is -0.312 e. The van der Waals surface area contributed by atoms with E-state index in [0.717, 1.165) is 43.4 Å². The van der Waals surface area contributed by atoms with E-state index in [9.17, 15) is 13.2 Å². The zero-order chi connectivity index (χ0) is 15.7. The van der Waals surface area contributed by atoms with Crippen molar-refractivity contribution in [1.82, 2.24) is 4.72 Å². The van der Waals surface area contributed by atoms with Crippen molar-refractivity contribution in [2.24, 2.45) is 5.92 Å². The molecule has 1 N–H and O–H groups in total. The third-order valence-corrected chi connectivity index (χ3v) is 5.73. The topological polar surface area (TPSA) is 66.5 Å². The van der Waals surface area contributed by atoms with Gasteiger partial charge in [0, 0.05) is 24.7 Å². The summed E-state index contributed by atoms with van der Waals surface area (Å²) in [5, 5.41) is 0. The smallest absolute Gasteiger partial charge is 0.240 e. The first-order valence-electron chi connectivity index (χ1n) is 7.97. The van der Waals surface area contributed by atoms with Crippen LogP contribution < -0.4 is 9.62 Å². The minimum atomic E-state index is -3.45. The summed E-state index contributed by atoms with van der Waals surface area (Å²) in [6, 6.07) is 5.09. The molecule has 0 saturated heterocycles. The Balaban J connectivity index is 1.78. The molecule has 1 aliphatic heterocycles. The van der Waals surface area contributed by atoms with Gasteiger partial charge in [0.1, 0.15) is 0 Å². The number of amides is 1. The molecule has 1 amide bonds. The van der Waals surface area contributed by atoms with E-state index in [4.69, 9.17) is 0 Å². The number of hydrogen-bond donors (Lipinski definition) is 1. The van der Waals surface area contributed by atoms with Gasteiger partial charge in [-0.2, -0.15) is 0 Å². The van der Waals surface area contributed by atoms with Gasteiger partial charge in [0.15, 0.2) is 0 Å². The van der Waals surface area contributed by atoms with E-state index in [1.165, 1.54) is 0 Å². The fraction of sp³-hybridized carbons (Fsp3) is 0.562. The Morgan fingerprint density at radius 3 is 2.82 bits per heavy atom.